The van der Waals surface area contributed by atoms with E-state index in [0.717, 1.165) is 17.0 Å². The molecule has 124 valence electrons. The number of aromatic nitrogens is 3. The standard InChI is InChI=1S/C16H16N4O3S/c1-22-13-7-5-11(6-8-13)16-19-15(23-20-16)4-2-3-14(21)18-12-9-17-24-10-12/h5-10H,2-4H2,1H3,(H,18,21). The van der Waals surface area contributed by atoms with Crippen LogP contribution in [0.5, 0.6) is 5.75 Å². The topological polar surface area (TPSA) is 90.1 Å². The third kappa shape index (κ3) is 4.17. The summed E-state index contributed by atoms with van der Waals surface area (Å²) in [5.41, 5.74) is 1.58. The molecule has 0 atom stereocenters. The summed E-state index contributed by atoms with van der Waals surface area (Å²) >= 11 is 1.30. The van der Waals surface area contributed by atoms with Gasteiger partial charge < -0.3 is 14.6 Å². The Kier molecular flexibility index (Phi) is 5.17. The number of nitrogens with zero attached hydrogens (tertiary/aromatic N) is 3. The zero-order chi connectivity index (χ0) is 16.8. The van der Waals surface area contributed by atoms with E-state index in [9.17, 15) is 4.79 Å². The number of aryl methyl sites for hydroxylation is 1. The van der Waals surface area contributed by atoms with Crippen LogP contribution in [0.25, 0.3) is 11.4 Å². The molecular weight excluding hydrogens is 328 g/mol. The molecular formula is C16H16N4O3S. The number of ether oxygens (including phenoxy) is 1. The summed E-state index contributed by atoms with van der Waals surface area (Å²) in [6.45, 7) is 0. The fraction of sp³-hybridized carbons (Fsp3) is 0.250. The van der Waals surface area contributed by atoms with Crippen molar-refractivity contribution in [2.75, 3.05) is 12.4 Å². The summed E-state index contributed by atoms with van der Waals surface area (Å²) < 4.78 is 14.3. The summed E-state index contributed by atoms with van der Waals surface area (Å²) in [5, 5.41) is 8.54. The number of nitrogens with one attached hydrogen (secondary N) is 1. The van der Waals surface area contributed by atoms with Crippen molar-refractivity contribution in [2.45, 2.75) is 19.3 Å². The van der Waals surface area contributed by atoms with Crippen LogP contribution in [0.15, 0.2) is 40.4 Å². The largest absolute Gasteiger partial charge is 0.497 e. The number of anilines is 1. The Labute approximate surface area is 142 Å². The second-order valence-electron chi connectivity index (χ2n) is 5.06. The van der Waals surface area contributed by atoms with Crippen molar-refractivity contribution in [3.63, 3.8) is 0 Å². The SMILES string of the molecule is COc1ccc(-c2noc(CCCC(=O)Nc3cnsc3)n2)cc1. The Bertz CT molecular complexity index is 784. The molecule has 3 rings (SSSR count). The molecule has 2 aromatic heterocycles. The maximum Gasteiger partial charge on any atom is 0.226 e. The van der Waals surface area contributed by atoms with E-state index in [0.29, 0.717) is 31.0 Å². The van der Waals surface area contributed by atoms with Crippen molar-refractivity contribution in [3.05, 3.63) is 41.7 Å². The van der Waals surface area contributed by atoms with Crippen LogP contribution in [0, 0.1) is 0 Å². The predicted octanol–water partition coefficient (Wildman–Crippen LogP) is 3.16. The van der Waals surface area contributed by atoms with Crippen LogP contribution in [0.2, 0.25) is 0 Å². The first-order valence-electron chi connectivity index (χ1n) is 7.41. The van der Waals surface area contributed by atoms with Crippen molar-refractivity contribution in [1.29, 1.82) is 0 Å². The Morgan fingerprint density at radius 3 is 2.88 bits per heavy atom. The molecule has 0 radical (unpaired) electrons. The van der Waals surface area contributed by atoms with Gasteiger partial charge in [-0.25, -0.2) is 0 Å². The maximum atomic E-state index is 11.8. The lowest BCUT2D eigenvalue weighted by Crippen LogP contribution is -2.10. The molecule has 0 fully saturated rings. The average Bonchev–Trinajstić information content (AvgIpc) is 3.27. The van der Waals surface area contributed by atoms with E-state index in [4.69, 9.17) is 9.26 Å². The van der Waals surface area contributed by atoms with Gasteiger partial charge in [-0.1, -0.05) is 5.16 Å². The average molecular weight is 344 g/mol. The van der Waals surface area contributed by atoms with Gasteiger partial charge in [-0.3, -0.25) is 4.79 Å². The van der Waals surface area contributed by atoms with E-state index >= 15 is 0 Å². The molecule has 7 nitrogen and oxygen atoms in total. The molecule has 1 aromatic carbocycles. The molecule has 1 amide bonds. The second kappa shape index (κ2) is 7.69. The number of hydrogen-bond acceptors (Lipinski definition) is 7. The van der Waals surface area contributed by atoms with E-state index in [-0.39, 0.29) is 5.91 Å². The van der Waals surface area contributed by atoms with Crippen LogP contribution in [0.3, 0.4) is 0 Å². The summed E-state index contributed by atoms with van der Waals surface area (Å²) in [4.78, 5) is 16.1. The van der Waals surface area contributed by atoms with Crippen molar-refractivity contribution in [2.24, 2.45) is 0 Å². The highest BCUT2D eigenvalue weighted by Gasteiger charge is 2.10. The summed E-state index contributed by atoms with van der Waals surface area (Å²) in [6, 6.07) is 7.43. The van der Waals surface area contributed by atoms with Gasteiger partial charge in [0.05, 0.1) is 19.0 Å². The Morgan fingerprint density at radius 2 is 2.17 bits per heavy atom. The number of carbonyl (C=O) groups excluding carboxylic acids is 1. The predicted molar refractivity (Wildman–Crippen MR) is 90.0 cm³/mol. The fourth-order valence-corrected chi connectivity index (χ4v) is 2.57. The van der Waals surface area contributed by atoms with Crippen molar-refractivity contribution in [1.82, 2.24) is 14.5 Å². The molecule has 3 aromatic rings. The zero-order valence-electron chi connectivity index (χ0n) is 13.1. The third-order valence-electron chi connectivity index (χ3n) is 3.33. The van der Waals surface area contributed by atoms with Crippen LogP contribution in [-0.4, -0.2) is 27.5 Å². The van der Waals surface area contributed by atoms with E-state index < -0.39 is 0 Å². The molecule has 0 saturated carbocycles. The highest BCUT2D eigenvalue weighted by Crippen LogP contribution is 2.20. The molecule has 0 saturated heterocycles. The lowest BCUT2D eigenvalue weighted by Gasteiger charge is -2.00. The van der Waals surface area contributed by atoms with Gasteiger partial charge in [0.2, 0.25) is 17.6 Å². The van der Waals surface area contributed by atoms with Gasteiger partial charge in [-0.05, 0) is 42.2 Å². The second-order valence-corrected chi connectivity index (χ2v) is 5.71. The molecule has 2 heterocycles. The molecule has 24 heavy (non-hydrogen) atoms. The van der Waals surface area contributed by atoms with Gasteiger partial charge in [0, 0.05) is 23.8 Å². The number of rotatable bonds is 7. The van der Waals surface area contributed by atoms with Crippen LogP contribution < -0.4 is 10.1 Å². The number of carbonyl (C=O) groups is 1. The number of amides is 1. The van der Waals surface area contributed by atoms with E-state index in [1.807, 2.05) is 24.3 Å². The molecule has 0 aliphatic heterocycles. The molecule has 1 N–H and O–H groups in total. The van der Waals surface area contributed by atoms with Gasteiger partial charge in [-0.15, -0.1) is 0 Å². The Hall–Kier alpha value is -2.74. The van der Waals surface area contributed by atoms with Crippen molar-refractivity contribution >= 4 is 23.1 Å². The van der Waals surface area contributed by atoms with E-state index in [2.05, 4.69) is 19.8 Å². The summed E-state index contributed by atoms with van der Waals surface area (Å²) in [5.74, 6) is 1.77. The lowest BCUT2D eigenvalue weighted by molar-refractivity contribution is -0.116. The first kappa shape index (κ1) is 16.1. The summed E-state index contributed by atoms with van der Waals surface area (Å²) in [6.07, 6.45) is 3.20. The maximum absolute atomic E-state index is 11.8. The minimum atomic E-state index is -0.0508. The first-order valence-corrected chi connectivity index (χ1v) is 8.24. The van der Waals surface area contributed by atoms with Crippen molar-refractivity contribution < 1.29 is 14.1 Å². The van der Waals surface area contributed by atoms with Crippen LogP contribution in [-0.2, 0) is 11.2 Å². The number of benzene rings is 1. The highest BCUT2D eigenvalue weighted by molar-refractivity contribution is 7.04. The van der Waals surface area contributed by atoms with Crippen LogP contribution >= 0.6 is 11.5 Å². The monoisotopic (exact) mass is 344 g/mol. The van der Waals surface area contributed by atoms with Gasteiger partial charge in [0.15, 0.2) is 0 Å². The molecule has 0 unspecified atom stereocenters. The van der Waals surface area contributed by atoms with Gasteiger partial charge in [-0.2, -0.15) is 9.36 Å². The zero-order valence-corrected chi connectivity index (χ0v) is 13.9. The highest BCUT2D eigenvalue weighted by atomic mass is 32.1. The lowest BCUT2D eigenvalue weighted by atomic mass is 10.2. The smallest absolute Gasteiger partial charge is 0.226 e. The number of methoxy groups -OCH3 is 1. The van der Waals surface area contributed by atoms with Gasteiger partial charge in [0.1, 0.15) is 5.75 Å². The Morgan fingerprint density at radius 1 is 1.33 bits per heavy atom. The minimum absolute atomic E-state index is 0.0508. The van der Waals surface area contributed by atoms with Crippen LogP contribution in [0.4, 0.5) is 5.69 Å². The third-order valence-corrected chi connectivity index (χ3v) is 3.91. The van der Waals surface area contributed by atoms with Crippen molar-refractivity contribution in [3.8, 4) is 17.1 Å². The number of hydrogen-bond donors (Lipinski definition) is 1. The van der Waals surface area contributed by atoms with E-state index in [1.54, 1.807) is 18.7 Å². The first-order chi connectivity index (χ1) is 11.7. The fourth-order valence-electron chi connectivity index (χ4n) is 2.10. The molecule has 8 heteroatoms. The Balaban J connectivity index is 1.49. The molecule has 0 aliphatic carbocycles. The minimum Gasteiger partial charge on any atom is -0.497 e. The molecule has 0 spiro atoms. The van der Waals surface area contributed by atoms with Crippen LogP contribution in [0.1, 0.15) is 18.7 Å². The van der Waals surface area contributed by atoms with Gasteiger partial charge >= 0.3 is 0 Å². The van der Waals surface area contributed by atoms with Gasteiger partial charge in [0.25, 0.3) is 0 Å². The normalized spacial score (nSPS) is 10.5. The molecule has 0 aliphatic rings. The summed E-state index contributed by atoms with van der Waals surface area (Å²) in [7, 11) is 1.62. The quantitative estimate of drug-likeness (QED) is 0.708. The molecule has 0 bridgehead atoms. The van der Waals surface area contributed by atoms with E-state index in [1.165, 1.54) is 11.5 Å².